The van der Waals surface area contributed by atoms with Gasteiger partial charge in [0.25, 0.3) is 0 Å². The molecule has 2 N–H and O–H groups in total. The van der Waals surface area contributed by atoms with E-state index >= 15 is 0 Å². The van der Waals surface area contributed by atoms with Crippen LogP contribution in [0.3, 0.4) is 0 Å². The average Bonchev–Trinajstić information content (AvgIpc) is 2.75. The number of hydrogen-bond donors (Lipinski definition) is 1. The maximum atomic E-state index is 5.85. The lowest BCUT2D eigenvalue weighted by Crippen LogP contribution is -2.16. The zero-order chi connectivity index (χ0) is 13.1. The first-order valence-electron chi connectivity index (χ1n) is 6.03. The van der Waals surface area contributed by atoms with Gasteiger partial charge in [0, 0.05) is 23.7 Å². The molecule has 0 aliphatic rings. The highest BCUT2D eigenvalue weighted by molar-refractivity contribution is 7.09. The van der Waals surface area contributed by atoms with Gasteiger partial charge in [-0.05, 0) is 31.5 Å². The van der Waals surface area contributed by atoms with Crippen molar-refractivity contribution in [2.45, 2.75) is 26.4 Å². The number of hydrogen-bond acceptors (Lipinski definition) is 4. The lowest BCUT2D eigenvalue weighted by molar-refractivity contribution is 0.817. The normalized spacial score (nSPS) is 12.4. The molecule has 1 atom stereocenters. The highest BCUT2D eigenvalue weighted by atomic mass is 32.1. The van der Waals surface area contributed by atoms with Crippen molar-refractivity contribution in [3.05, 3.63) is 45.9 Å². The van der Waals surface area contributed by atoms with Gasteiger partial charge < -0.3 is 10.6 Å². The van der Waals surface area contributed by atoms with Crippen LogP contribution in [0, 0.1) is 6.92 Å². The van der Waals surface area contributed by atoms with Crippen molar-refractivity contribution in [1.29, 1.82) is 0 Å². The Morgan fingerprint density at radius 2 is 2.00 bits per heavy atom. The number of nitrogens with two attached hydrogens (primary N) is 1. The first kappa shape index (κ1) is 13.1. The summed E-state index contributed by atoms with van der Waals surface area (Å²) in [5, 5.41) is 0. The van der Waals surface area contributed by atoms with Gasteiger partial charge in [-0.15, -0.1) is 11.3 Å². The second-order valence-corrected chi connectivity index (χ2v) is 5.54. The van der Waals surface area contributed by atoms with E-state index in [4.69, 9.17) is 5.73 Å². The van der Waals surface area contributed by atoms with Crippen LogP contribution in [-0.4, -0.2) is 12.0 Å². The van der Waals surface area contributed by atoms with Crippen LogP contribution in [-0.2, 0) is 6.54 Å². The zero-order valence-corrected chi connectivity index (χ0v) is 11.9. The molecule has 0 amide bonds. The Morgan fingerprint density at radius 3 is 2.50 bits per heavy atom. The molecular formula is C14H19N3S. The molecule has 1 heterocycles. The molecule has 0 saturated heterocycles. The first-order valence-corrected chi connectivity index (χ1v) is 6.91. The molecule has 3 nitrogen and oxygen atoms in total. The Labute approximate surface area is 112 Å². The van der Waals surface area contributed by atoms with Gasteiger partial charge in [0.05, 0.1) is 17.7 Å². The van der Waals surface area contributed by atoms with Gasteiger partial charge in [0.15, 0.2) is 0 Å². The summed E-state index contributed by atoms with van der Waals surface area (Å²) >= 11 is 1.71. The number of thiazole rings is 1. The van der Waals surface area contributed by atoms with Gasteiger partial charge in [0.2, 0.25) is 0 Å². The third kappa shape index (κ3) is 2.89. The highest BCUT2D eigenvalue weighted by Gasteiger charge is 2.07. The van der Waals surface area contributed by atoms with E-state index in [1.807, 2.05) is 12.4 Å². The fourth-order valence-electron chi connectivity index (χ4n) is 1.82. The van der Waals surface area contributed by atoms with Crippen molar-refractivity contribution in [3.8, 4) is 0 Å². The van der Waals surface area contributed by atoms with Crippen LogP contribution in [0.5, 0.6) is 0 Å². The molecule has 0 saturated carbocycles. The molecule has 2 rings (SSSR count). The molecule has 0 aliphatic heterocycles. The molecule has 4 heteroatoms. The standard InChI is InChI=1S/C14H19N3S/c1-10(15)12-4-6-13(7-5-12)17(3)8-14-11(2)16-9-18-14/h4-7,9-10H,8,15H2,1-3H3/t10-/m1/s1. The van der Waals surface area contributed by atoms with Crippen LogP contribution in [0.1, 0.15) is 29.1 Å². The van der Waals surface area contributed by atoms with Crippen LogP contribution in [0.15, 0.2) is 29.8 Å². The van der Waals surface area contributed by atoms with Crippen LogP contribution >= 0.6 is 11.3 Å². The quantitative estimate of drug-likeness (QED) is 0.919. The van der Waals surface area contributed by atoms with Gasteiger partial charge in [0.1, 0.15) is 0 Å². The number of nitrogens with zero attached hydrogens (tertiary/aromatic N) is 2. The Hall–Kier alpha value is -1.39. The molecule has 1 aromatic carbocycles. The smallest absolute Gasteiger partial charge is 0.0798 e. The van der Waals surface area contributed by atoms with Crippen molar-refractivity contribution in [3.63, 3.8) is 0 Å². The molecule has 0 unspecified atom stereocenters. The van der Waals surface area contributed by atoms with E-state index in [1.165, 1.54) is 16.1 Å². The fraction of sp³-hybridized carbons (Fsp3) is 0.357. The summed E-state index contributed by atoms with van der Waals surface area (Å²) < 4.78 is 0. The Bertz CT molecular complexity index is 502. The molecule has 0 bridgehead atoms. The van der Waals surface area contributed by atoms with E-state index in [9.17, 15) is 0 Å². The molecule has 18 heavy (non-hydrogen) atoms. The van der Waals surface area contributed by atoms with Crippen molar-refractivity contribution in [2.24, 2.45) is 5.73 Å². The Balaban J connectivity index is 2.09. The number of benzene rings is 1. The van der Waals surface area contributed by atoms with Gasteiger partial charge in [-0.3, -0.25) is 0 Å². The fourth-order valence-corrected chi connectivity index (χ4v) is 2.65. The number of aromatic nitrogens is 1. The van der Waals surface area contributed by atoms with E-state index in [1.54, 1.807) is 11.3 Å². The Kier molecular flexibility index (Phi) is 3.99. The summed E-state index contributed by atoms with van der Waals surface area (Å²) in [5.74, 6) is 0. The summed E-state index contributed by atoms with van der Waals surface area (Å²) in [6, 6.07) is 8.52. The minimum Gasteiger partial charge on any atom is -0.369 e. The lowest BCUT2D eigenvalue weighted by Gasteiger charge is -2.19. The number of aryl methyl sites for hydroxylation is 1. The predicted molar refractivity (Wildman–Crippen MR) is 78.0 cm³/mol. The second-order valence-electron chi connectivity index (χ2n) is 4.60. The lowest BCUT2D eigenvalue weighted by atomic mass is 10.1. The molecule has 0 aliphatic carbocycles. The van der Waals surface area contributed by atoms with E-state index in [0.717, 1.165) is 12.2 Å². The van der Waals surface area contributed by atoms with Gasteiger partial charge >= 0.3 is 0 Å². The minimum absolute atomic E-state index is 0.0908. The van der Waals surface area contributed by atoms with Gasteiger partial charge in [-0.25, -0.2) is 4.98 Å². The maximum absolute atomic E-state index is 5.85. The molecule has 0 spiro atoms. The second kappa shape index (κ2) is 5.50. The van der Waals surface area contributed by atoms with Crippen molar-refractivity contribution >= 4 is 17.0 Å². The third-order valence-electron chi connectivity index (χ3n) is 3.09. The van der Waals surface area contributed by atoms with Crippen LogP contribution in [0.25, 0.3) is 0 Å². The molecular weight excluding hydrogens is 242 g/mol. The molecule has 96 valence electrons. The minimum atomic E-state index is 0.0908. The topological polar surface area (TPSA) is 42.2 Å². The summed E-state index contributed by atoms with van der Waals surface area (Å²) in [7, 11) is 2.10. The number of rotatable bonds is 4. The number of anilines is 1. The zero-order valence-electron chi connectivity index (χ0n) is 11.1. The van der Waals surface area contributed by atoms with Crippen LogP contribution in [0.2, 0.25) is 0 Å². The molecule has 2 aromatic rings. The average molecular weight is 261 g/mol. The third-order valence-corrected chi connectivity index (χ3v) is 4.01. The van der Waals surface area contributed by atoms with E-state index in [-0.39, 0.29) is 6.04 Å². The summed E-state index contributed by atoms with van der Waals surface area (Å²) in [4.78, 5) is 7.82. The van der Waals surface area contributed by atoms with Crippen molar-refractivity contribution < 1.29 is 0 Å². The van der Waals surface area contributed by atoms with Gasteiger partial charge in [-0.1, -0.05) is 12.1 Å². The first-order chi connectivity index (χ1) is 8.58. The maximum Gasteiger partial charge on any atom is 0.0798 e. The molecule has 0 fully saturated rings. The van der Waals surface area contributed by atoms with Gasteiger partial charge in [-0.2, -0.15) is 0 Å². The largest absolute Gasteiger partial charge is 0.369 e. The van der Waals surface area contributed by atoms with Crippen molar-refractivity contribution in [1.82, 2.24) is 4.98 Å². The molecule has 1 aromatic heterocycles. The van der Waals surface area contributed by atoms with E-state index in [0.29, 0.717) is 0 Å². The summed E-state index contributed by atoms with van der Waals surface area (Å²) in [5.41, 5.74) is 11.2. The molecule has 0 radical (unpaired) electrons. The summed E-state index contributed by atoms with van der Waals surface area (Å²) in [6.07, 6.45) is 0. The SMILES string of the molecule is Cc1ncsc1CN(C)c1ccc([C@@H](C)N)cc1. The summed E-state index contributed by atoms with van der Waals surface area (Å²) in [6.45, 7) is 4.95. The highest BCUT2D eigenvalue weighted by Crippen LogP contribution is 2.21. The monoisotopic (exact) mass is 261 g/mol. The van der Waals surface area contributed by atoms with Crippen LogP contribution < -0.4 is 10.6 Å². The van der Waals surface area contributed by atoms with E-state index in [2.05, 4.69) is 48.1 Å². The van der Waals surface area contributed by atoms with E-state index < -0.39 is 0 Å². The van der Waals surface area contributed by atoms with Crippen LogP contribution in [0.4, 0.5) is 5.69 Å². The van der Waals surface area contributed by atoms with Crippen molar-refractivity contribution in [2.75, 3.05) is 11.9 Å². The Morgan fingerprint density at radius 1 is 1.33 bits per heavy atom. The predicted octanol–water partition coefficient (Wildman–Crippen LogP) is 3.11.